The summed E-state index contributed by atoms with van der Waals surface area (Å²) in [6, 6.07) is 7.45. The van der Waals surface area contributed by atoms with Gasteiger partial charge in [-0.25, -0.2) is 0 Å². The predicted molar refractivity (Wildman–Crippen MR) is 151 cm³/mol. The van der Waals surface area contributed by atoms with Gasteiger partial charge in [0.2, 0.25) is 12.2 Å². The Labute approximate surface area is 265 Å². The van der Waals surface area contributed by atoms with Crippen LogP contribution in [-0.2, 0) is 49.5 Å². The number of benzene rings is 1. The lowest BCUT2D eigenvalue weighted by molar-refractivity contribution is -0.262. The van der Waals surface area contributed by atoms with Crippen LogP contribution < -0.4 is 5.32 Å². The lowest BCUT2D eigenvalue weighted by atomic mass is 9.96. The number of ketones is 1. The van der Waals surface area contributed by atoms with E-state index in [9.17, 15) is 19.2 Å². The molecule has 228 valence electrons. The second-order valence-corrected chi connectivity index (χ2v) is 13.3. The molecule has 1 amide bonds. The van der Waals surface area contributed by atoms with Gasteiger partial charge in [0.15, 0.2) is 12.2 Å². The van der Waals surface area contributed by atoms with Crippen molar-refractivity contribution in [3.05, 3.63) is 35.9 Å². The molecule has 0 aromatic heterocycles. The lowest BCUT2D eigenvalue weighted by Gasteiger charge is -2.45. The summed E-state index contributed by atoms with van der Waals surface area (Å²) >= 11 is 34.5. The molecule has 5 atom stereocenters. The number of hydrogen-bond acceptors (Lipinski definition) is 10. The molecule has 0 saturated carbocycles. The van der Waals surface area contributed by atoms with Crippen molar-refractivity contribution in [1.82, 2.24) is 5.32 Å². The molecule has 1 aliphatic heterocycles. The van der Waals surface area contributed by atoms with Crippen molar-refractivity contribution in [3.63, 3.8) is 0 Å². The van der Waals surface area contributed by atoms with Crippen molar-refractivity contribution in [3.8, 4) is 0 Å². The Morgan fingerprint density at radius 3 is 2.07 bits per heavy atom. The minimum absolute atomic E-state index is 0.111. The maximum atomic E-state index is 12.7. The molecule has 1 unspecified atom stereocenters. The Kier molecular flexibility index (Phi) is 13.7. The molecule has 1 heterocycles. The number of nitrogens with one attached hydrogen (secondary N) is 2. The molecule has 0 aliphatic carbocycles. The monoisotopic (exact) mass is 696 g/mol. The minimum Gasteiger partial charge on any atom is -0.456 e. The summed E-state index contributed by atoms with van der Waals surface area (Å²) in [4.78, 5) is 49.0. The number of carbonyl (C=O) groups is 4. The maximum Gasteiger partial charge on any atom is 0.306 e. The zero-order chi connectivity index (χ0) is 31.0. The van der Waals surface area contributed by atoms with Crippen LogP contribution >= 0.6 is 69.6 Å². The third kappa shape index (κ3) is 11.9. The topological polar surface area (TPSA) is 150 Å². The molecule has 1 saturated heterocycles. The Hall–Kier alpha value is -1.57. The molecule has 1 fully saturated rings. The van der Waals surface area contributed by atoms with E-state index in [2.05, 4.69) is 5.32 Å². The van der Waals surface area contributed by atoms with Crippen LogP contribution in [0.4, 0.5) is 0 Å². The maximum absolute atomic E-state index is 12.7. The molecule has 0 spiro atoms. The van der Waals surface area contributed by atoms with E-state index in [0.717, 1.165) is 12.5 Å². The molecular weight excluding hydrogens is 673 g/mol. The molecule has 0 radical (unpaired) electrons. The third-order valence-corrected chi connectivity index (χ3v) is 6.37. The van der Waals surface area contributed by atoms with Gasteiger partial charge in [-0.05, 0) is 12.5 Å². The Morgan fingerprint density at radius 2 is 1.54 bits per heavy atom. The molecule has 17 heteroatoms. The molecule has 2 rings (SSSR count). The van der Waals surface area contributed by atoms with Crippen molar-refractivity contribution < 1.29 is 42.9 Å². The van der Waals surface area contributed by atoms with E-state index in [1.165, 1.54) is 6.92 Å². The first-order valence-corrected chi connectivity index (χ1v) is 14.1. The van der Waals surface area contributed by atoms with Crippen molar-refractivity contribution in [2.75, 3.05) is 6.61 Å². The average Bonchev–Trinajstić information content (AvgIpc) is 2.85. The van der Waals surface area contributed by atoms with Gasteiger partial charge in [-0.2, -0.15) is 0 Å². The van der Waals surface area contributed by atoms with Crippen LogP contribution in [0.1, 0.15) is 32.3 Å². The van der Waals surface area contributed by atoms with Crippen LogP contribution in [0, 0.1) is 5.41 Å². The van der Waals surface area contributed by atoms with Crippen LogP contribution in [0.3, 0.4) is 0 Å². The van der Waals surface area contributed by atoms with Crippen molar-refractivity contribution in [2.24, 2.45) is 0 Å². The summed E-state index contributed by atoms with van der Waals surface area (Å²) in [6.07, 6.45) is -6.46. The van der Waals surface area contributed by atoms with Crippen molar-refractivity contribution in [2.45, 2.75) is 71.5 Å². The molecule has 11 nitrogen and oxygen atoms in total. The van der Waals surface area contributed by atoms with Gasteiger partial charge < -0.3 is 33.8 Å². The van der Waals surface area contributed by atoms with Gasteiger partial charge >= 0.3 is 11.9 Å². The number of carbonyl (C=O) groups excluding carboxylic acids is 4. The van der Waals surface area contributed by atoms with Crippen LogP contribution in [0.2, 0.25) is 0 Å². The van der Waals surface area contributed by atoms with Crippen molar-refractivity contribution >= 4 is 99.1 Å². The lowest BCUT2D eigenvalue weighted by Crippen LogP contribution is -2.68. The van der Waals surface area contributed by atoms with E-state index >= 15 is 0 Å². The molecular formula is C24H26Cl6N2O9. The molecule has 2 N–H and O–H groups in total. The number of ether oxygens (including phenoxy) is 5. The number of alkyl halides is 6. The molecule has 0 bridgehead atoms. The highest BCUT2D eigenvalue weighted by atomic mass is 35.6. The summed E-state index contributed by atoms with van der Waals surface area (Å²) in [5.74, 6) is -4.16. The Morgan fingerprint density at radius 1 is 0.902 bits per heavy atom. The normalized spacial score (nSPS) is 22.8. The fourth-order valence-corrected chi connectivity index (χ4v) is 3.83. The Balaban J connectivity index is 2.49. The third-order valence-electron chi connectivity index (χ3n) is 5.34. The number of hydrogen-bond donors (Lipinski definition) is 2. The van der Waals surface area contributed by atoms with E-state index in [4.69, 9.17) is 98.7 Å². The first kappa shape index (κ1) is 35.6. The van der Waals surface area contributed by atoms with Gasteiger partial charge in [0.1, 0.15) is 17.9 Å². The number of esters is 2. The smallest absolute Gasteiger partial charge is 0.306 e. The SMILES string of the molecule is CC(=O)CCC(=O)O[C@H]1[C@H](OC(C)=O)[C@@H](COCc2ccccc2)OC(OC(=N)C(Cl)(Cl)Cl)[C@@H]1NC(=O)C(Cl)(Cl)Cl. The number of amides is 1. The highest BCUT2D eigenvalue weighted by Gasteiger charge is 2.54. The summed E-state index contributed by atoms with van der Waals surface area (Å²) in [7, 11) is 0. The quantitative estimate of drug-likeness (QED) is 0.149. The van der Waals surface area contributed by atoms with Gasteiger partial charge in [-0.3, -0.25) is 19.8 Å². The van der Waals surface area contributed by atoms with E-state index in [1.807, 2.05) is 6.07 Å². The van der Waals surface area contributed by atoms with Gasteiger partial charge in [0, 0.05) is 13.3 Å². The number of rotatable bonds is 11. The zero-order valence-electron chi connectivity index (χ0n) is 21.5. The van der Waals surface area contributed by atoms with Crippen molar-refractivity contribution in [1.29, 1.82) is 5.41 Å². The highest BCUT2D eigenvalue weighted by molar-refractivity contribution is 6.76. The first-order chi connectivity index (χ1) is 19.0. The van der Waals surface area contributed by atoms with Gasteiger partial charge in [-0.1, -0.05) is 99.9 Å². The van der Waals surface area contributed by atoms with E-state index < -0.39 is 62.0 Å². The second-order valence-electron chi connectivity index (χ2n) is 8.72. The zero-order valence-corrected chi connectivity index (χ0v) is 26.1. The summed E-state index contributed by atoms with van der Waals surface area (Å²) < 4.78 is 23.2. The highest BCUT2D eigenvalue weighted by Crippen LogP contribution is 2.34. The van der Waals surface area contributed by atoms with E-state index in [-0.39, 0.29) is 31.8 Å². The molecule has 1 aliphatic rings. The largest absolute Gasteiger partial charge is 0.456 e. The van der Waals surface area contributed by atoms with Gasteiger partial charge in [-0.15, -0.1) is 0 Å². The predicted octanol–water partition coefficient (Wildman–Crippen LogP) is 4.36. The van der Waals surface area contributed by atoms with Gasteiger partial charge in [0.05, 0.1) is 19.6 Å². The summed E-state index contributed by atoms with van der Waals surface area (Å²) in [6.45, 7) is 2.21. The summed E-state index contributed by atoms with van der Waals surface area (Å²) in [5, 5.41) is 10.3. The average molecular weight is 699 g/mol. The fourth-order valence-electron chi connectivity index (χ4n) is 3.54. The molecule has 41 heavy (non-hydrogen) atoms. The minimum atomic E-state index is -2.51. The number of halogens is 6. The number of Topliss-reactive ketones (excluding diaryl/α,β-unsaturated/α-hetero) is 1. The van der Waals surface area contributed by atoms with E-state index in [0.29, 0.717) is 0 Å². The fraction of sp³-hybridized carbons (Fsp3) is 0.542. The standard InChI is InChI=1S/C24H26Cl6N2O9/c1-12(33)8-9-16(35)40-19-17(32-22(36)24(28,29)30)20(41-21(31)23(25,26)27)39-15(18(19)38-13(2)34)11-37-10-14-6-4-3-5-7-14/h3-7,15,17-20,31H,8-11H2,1-2H3,(H,32,36)/t15-,17-,18-,19-,20?/m1/s1. The van der Waals surface area contributed by atoms with E-state index in [1.54, 1.807) is 24.3 Å². The van der Waals surface area contributed by atoms with Crippen LogP contribution in [-0.4, -0.2) is 74.4 Å². The Bertz CT molecular complexity index is 1100. The molecule has 1 aromatic rings. The van der Waals surface area contributed by atoms with Crippen LogP contribution in [0.25, 0.3) is 0 Å². The van der Waals surface area contributed by atoms with Crippen LogP contribution in [0.5, 0.6) is 0 Å². The first-order valence-electron chi connectivity index (χ1n) is 11.8. The van der Waals surface area contributed by atoms with Gasteiger partial charge in [0.25, 0.3) is 13.5 Å². The summed E-state index contributed by atoms with van der Waals surface area (Å²) in [5.41, 5.74) is 0.804. The molecule has 1 aromatic carbocycles. The second kappa shape index (κ2) is 15.8. The van der Waals surface area contributed by atoms with Crippen LogP contribution in [0.15, 0.2) is 30.3 Å².